The molecule has 3 rings (SSSR count). The number of halogens is 1. The standard InChI is InChI=1S/C22H28N2O3.ClH/c1-16-5-6-17(15-20(16)26-2)22(11-3-4-12-22)21(25)24-18-7-9-19(10-8-18)27-14-13-23;/h5-10,15H,3-4,11-14,23H2,1-2H3,(H,24,25);1H. The fourth-order valence-electron chi connectivity index (χ4n) is 3.81. The average Bonchev–Trinajstić information content (AvgIpc) is 3.19. The van der Waals surface area contributed by atoms with Crippen LogP contribution < -0.4 is 20.5 Å². The van der Waals surface area contributed by atoms with Crippen LogP contribution in [-0.4, -0.2) is 26.2 Å². The SMILES string of the molecule is COc1cc(C2(C(=O)Nc3ccc(OCCN)cc3)CCCC2)ccc1C.Cl. The molecule has 0 saturated heterocycles. The number of methoxy groups -OCH3 is 1. The number of anilines is 1. The van der Waals surface area contributed by atoms with E-state index < -0.39 is 5.41 Å². The molecule has 0 unspecified atom stereocenters. The Kier molecular flexibility index (Phi) is 7.72. The van der Waals surface area contributed by atoms with Gasteiger partial charge in [-0.2, -0.15) is 0 Å². The number of amides is 1. The summed E-state index contributed by atoms with van der Waals surface area (Å²) >= 11 is 0. The van der Waals surface area contributed by atoms with Gasteiger partial charge in [0, 0.05) is 12.2 Å². The third-order valence-corrected chi connectivity index (χ3v) is 5.35. The first-order valence-corrected chi connectivity index (χ1v) is 9.48. The van der Waals surface area contributed by atoms with Crippen LogP contribution in [0.5, 0.6) is 11.5 Å². The second-order valence-electron chi connectivity index (χ2n) is 7.09. The van der Waals surface area contributed by atoms with Gasteiger partial charge in [-0.15, -0.1) is 12.4 Å². The van der Waals surface area contributed by atoms with Crippen molar-refractivity contribution >= 4 is 24.0 Å². The van der Waals surface area contributed by atoms with E-state index in [0.717, 1.165) is 54.0 Å². The third kappa shape index (κ3) is 4.59. The van der Waals surface area contributed by atoms with E-state index in [2.05, 4.69) is 11.4 Å². The van der Waals surface area contributed by atoms with Crippen LogP contribution in [0, 0.1) is 6.92 Å². The molecule has 1 saturated carbocycles. The first kappa shape index (κ1) is 22.1. The number of nitrogens with two attached hydrogens (primary N) is 1. The van der Waals surface area contributed by atoms with Gasteiger partial charge >= 0.3 is 0 Å². The van der Waals surface area contributed by atoms with Crippen molar-refractivity contribution in [3.05, 3.63) is 53.6 Å². The number of aryl methyl sites for hydroxylation is 1. The van der Waals surface area contributed by atoms with Crippen molar-refractivity contribution in [1.82, 2.24) is 0 Å². The molecule has 0 atom stereocenters. The van der Waals surface area contributed by atoms with E-state index in [1.807, 2.05) is 43.3 Å². The van der Waals surface area contributed by atoms with Gasteiger partial charge in [0.1, 0.15) is 18.1 Å². The summed E-state index contributed by atoms with van der Waals surface area (Å²) in [4.78, 5) is 13.3. The Balaban J connectivity index is 0.00000280. The highest BCUT2D eigenvalue weighted by Gasteiger charge is 2.43. The van der Waals surface area contributed by atoms with Gasteiger partial charge in [-0.05, 0) is 61.2 Å². The van der Waals surface area contributed by atoms with Crippen LogP contribution in [0.15, 0.2) is 42.5 Å². The quantitative estimate of drug-likeness (QED) is 0.724. The summed E-state index contributed by atoms with van der Waals surface area (Å²) in [7, 11) is 1.67. The minimum absolute atomic E-state index is 0. The van der Waals surface area contributed by atoms with Crippen molar-refractivity contribution in [2.45, 2.75) is 38.0 Å². The molecule has 0 heterocycles. The minimum atomic E-state index is -0.504. The number of ether oxygens (including phenoxy) is 2. The van der Waals surface area contributed by atoms with Crippen molar-refractivity contribution in [3.63, 3.8) is 0 Å². The fourth-order valence-corrected chi connectivity index (χ4v) is 3.81. The number of carbonyl (C=O) groups is 1. The average molecular weight is 405 g/mol. The predicted molar refractivity (Wildman–Crippen MR) is 115 cm³/mol. The van der Waals surface area contributed by atoms with Crippen LogP contribution in [0.25, 0.3) is 0 Å². The highest BCUT2D eigenvalue weighted by atomic mass is 35.5. The largest absolute Gasteiger partial charge is 0.496 e. The Morgan fingerprint density at radius 3 is 2.43 bits per heavy atom. The molecule has 0 aliphatic heterocycles. The maximum atomic E-state index is 13.3. The number of rotatable bonds is 7. The zero-order chi connectivity index (χ0) is 19.3. The normalized spacial score (nSPS) is 14.8. The van der Waals surface area contributed by atoms with Crippen molar-refractivity contribution in [2.24, 2.45) is 5.73 Å². The van der Waals surface area contributed by atoms with Crippen LogP contribution in [0.4, 0.5) is 5.69 Å². The lowest BCUT2D eigenvalue weighted by Crippen LogP contribution is -2.38. The molecule has 2 aromatic carbocycles. The molecule has 1 aliphatic rings. The van der Waals surface area contributed by atoms with Gasteiger partial charge in [0.25, 0.3) is 0 Å². The van der Waals surface area contributed by atoms with E-state index in [1.165, 1.54) is 0 Å². The number of nitrogens with one attached hydrogen (secondary N) is 1. The van der Waals surface area contributed by atoms with E-state index >= 15 is 0 Å². The Bertz CT molecular complexity index is 787. The Labute approximate surface area is 173 Å². The first-order chi connectivity index (χ1) is 13.1. The molecule has 1 aliphatic carbocycles. The molecule has 0 radical (unpaired) electrons. The second kappa shape index (κ2) is 9.80. The van der Waals surface area contributed by atoms with Gasteiger partial charge in [-0.3, -0.25) is 4.79 Å². The predicted octanol–water partition coefficient (Wildman–Crippen LogP) is 4.21. The Hall–Kier alpha value is -2.24. The molecule has 152 valence electrons. The molecule has 5 nitrogen and oxygen atoms in total. The minimum Gasteiger partial charge on any atom is -0.496 e. The van der Waals surface area contributed by atoms with Crippen LogP contribution >= 0.6 is 12.4 Å². The third-order valence-electron chi connectivity index (χ3n) is 5.35. The van der Waals surface area contributed by atoms with Gasteiger partial charge in [0.2, 0.25) is 5.91 Å². The Morgan fingerprint density at radius 2 is 1.82 bits per heavy atom. The fraction of sp³-hybridized carbons (Fsp3) is 0.409. The second-order valence-corrected chi connectivity index (χ2v) is 7.09. The summed E-state index contributed by atoms with van der Waals surface area (Å²) in [6.45, 7) is 2.96. The summed E-state index contributed by atoms with van der Waals surface area (Å²) in [6, 6.07) is 13.5. The van der Waals surface area contributed by atoms with E-state index in [1.54, 1.807) is 7.11 Å². The lowest BCUT2D eigenvalue weighted by atomic mass is 9.77. The molecule has 2 aromatic rings. The van der Waals surface area contributed by atoms with Gasteiger partial charge in [0.15, 0.2) is 0 Å². The maximum absolute atomic E-state index is 13.3. The van der Waals surface area contributed by atoms with Crippen LogP contribution in [0.1, 0.15) is 36.8 Å². The lowest BCUT2D eigenvalue weighted by Gasteiger charge is -2.29. The monoisotopic (exact) mass is 404 g/mol. The molecule has 1 amide bonds. The van der Waals surface area contributed by atoms with E-state index in [0.29, 0.717) is 13.2 Å². The first-order valence-electron chi connectivity index (χ1n) is 9.48. The van der Waals surface area contributed by atoms with Gasteiger partial charge in [0.05, 0.1) is 12.5 Å². The number of hydrogen-bond acceptors (Lipinski definition) is 4. The lowest BCUT2D eigenvalue weighted by molar-refractivity contribution is -0.121. The van der Waals surface area contributed by atoms with Crippen molar-refractivity contribution < 1.29 is 14.3 Å². The summed E-state index contributed by atoms with van der Waals surface area (Å²) < 4.78 is 11.0. The smallest absolute Gasteiger partial charge is 0.235 e. The van der Waals surface area contributed by atoms with Crippen molar-refractivity contribution in [1.29, 1.82) is 0 Å². The number of hydrogen-bond donors (Lipinski definition) is 2. The number of carbonyl (C=O) groups excluding carboxylic acids is 1. The molecule has 0 bridgehead atoms. The zero-order valence-corrected chi connectivity index (χ0v) is 17.3. The topological polar surface area (TPSA) is 73.6 Å². The molecule has 3 N–H and O–H groups in total. The van der Waals surface area contributed by atoms with Crippen LogP contribution in [-0.2, 0) is 10.2 Å². The van der Waals surface area contributed by atoms with Gasteiger partial charge < -0.3 is 20.5 Å². The van der Waals surface area contributed by atoms with E-state index in [4.69, 9.17) is 15.2 Å². The van der Waals surface area contributed by atoms with E-state index in [-0.39, 0.29) is 18.3 Å². The van der Waals surface area contributed by atoms with Crippen molar-refractivity contribution in [2.75, 3.05) is 25.6 Å². The number of benzene rings is 2. The summed E-state index contributed by atoms with van der Waals surface area (Å²) in [5.41, 5.74) is 7.82. The molecule has 28 heavy (non-hydrogen) atoms. The summed E-state index contributed by atoms with van der Waals surface area (Å²) in [6.07, 6.45) is 3.80. The molecule has 6 heteroatoms. The highest BCUT2D eigenvalue weighted by molar-refractivity contribution is 5.99. The summed E-state index contributed by atoms with van der Waals surface area (Å²) in [5.74, 6) is 1.62. The van der Waals surface area contributed by atoms with Gasteiger partial charge in [-0.25, -0.2) is 0 Å². The molecule has 0 aromatic heterocycles. The van der Waals surface area contributed by atoms with Crippen LogP contribution in [0.3, 0.4) is 0 Å². The summed E-state index contributed by atoms with van der Waals surface area (Å²) in [5, 5.41) is 3.10. The van der Waals surface area contributed by atoms with Crippen LogP contribution in [0.2, 0.25) is 0 Å². The molecule has 1 fully saturated rings. The van der Waals surface area contributed by atoms with E-state index in [9.17, 15) is 4.79 Å². The maximum Gasteiger partial charge on any atom is 0.235 e. The molecular weight excluding hydrogens is 376 g/mol. The van der Waals surface area contributed by atoms with Crippen molar-refractivity contribution in [3.8, 4) is 11.5 Å². The zero-order valence-electron chi connectivity index (χ0n) is 16.5. The van der Waals surface area contributed by atoms with Gasteiger partial charge in [-0.1, -0.05) is 25.0 Å². The molecule has 0 spiro atoms. The molecular formula is C22H29ClN2O3. The Morgan fingerprint density at radius 1 is 1.14 bits per heavy atom. The highest BCUT2D eigenvalue weighted by Crippen LogP contribution is 2.43.